The summed E-state index contributed by atoms with van der Waals surface area (Å²) >= 11 is 0. The third-order valence-electron chi connectivity index (χ3n) is 4.62. The van der Waals surface area contributed by atoms with Gasteiger partial charge in [0.25, 0.3) is 0 Å². The number of aliphatic hydroxyl groups is 1. The van der Waals surface area contributed by atoms with Gasteiger partial charge in [-0.25, -0.2) is 0 Å². The van der Waals surface area contributed by atoms with Gasteiger partial charge in [-0.2, -0.15) is 5.10 Å². The Morgan fingerprint density at radius 1 is 1.37 bits per heavy atom. The second kappa shape index (κ2) is 5.25. The Kier molecular flexibility index (Phi) is 3.63. The zero-order valence-electron chi connectivity index (χ0n) is 11.9. The van der Waals surface area contributed by atoms with Crippen LogP contribution in [0.3, 0.4) is 0 Å². The van der Waals surface area contributed by atoms with E-state index in [1.165, 1.54) is 25.7 Å². The Hall–Kier alpha value is -0.870. The average molecular weight is 263 g/mol. The van der Waals surface area contributed by atoms with Crippen molar-refractivity contribution in [2.24, 2.45) is 0 Å². The van der Waals surface area contributed by atoms with E-state index in [1.54, 1.807) is 0 Å². The van der Waals surface area contributed by atoms with Crippen molar-refractivity contribution < 1.29 is 5.11 Å². The van der Waals surface area contributed by atoms with Crippen molar-refractivity contribution in [2.45, 2.75) is 56.6 Å². The monoisotopic (exact) mass is 263 g/mol. The number of piperidine rings is 1. The van der Waals surface area contributed by atoms with Crippen LogP contribution < -0.4 is 0 Å². The van der Waals surface area contributed by atoms with Crippen molar-refractivity contribution in [2.75, 3.05) is 20.1 Å². The van der Waals surface area contributed by atoms with Crippen LogP contribution in [0.25, 0.3) is 0 Å². The quantitative estimate of drug-likeness (QED) is 0.907. The highest BCUT2D eigenvalue weighted by Crippen LogP contribution is 2.29. The summed E-state index contributed by atoms with van der Waals surface area (Å²) in [5.74, 6) is 0. The number of nitrogens with zero attached hydrogens (tertiary/aromatic N) is 3. The van der Waals surface area contributed by atoms with Gasteiger partial charge in [0, 0.05) is 19.2 Å². The normalized spacial score (nSPS) is 30.0. The fraction of sp³-hybridized carbons (Fsp3) is 0.800. The Labute approximate surface area is 115 Å². The molecule has 1 N–H and O–H groups in total. The van der Waals surface area contributed by atoms with E-state index in [2.05, 4.69) is 28.9 Å². The highest BCUT2D eigenvalue weighted by molar-refractivity contribution is 5.06. The van der Waals surface area contributed by atoms with E-state index in [0.717, 1.165) is 31.6 Å². The number of rotatable bonds is 3. The van der Waals surface area contributed by atoms with Crippen LogP contribution in [0.2, 0.25) is 0 Å². The summed E-state index contributed by atoms with van der Waals surface area (Å²) in [6.45, 7) is 1.86. The van der Waals surface area contributed by atoms with Gasteiger partial charge in [0.2, 0.25) is 0 Å². The summed E-state index contributed by atoms with van der Waals surface area (Å²) in [4.78, 5) is 2.22. The Morgan fingerprint density at radius 3 is 2.89 bits per heavy atom. The molecule has 0 aromatic carbocycles. The molecule has 1 saturated heterocycles. The fourth-order valence-electron chi connectivity index (χ4n) is 3.66. The predicted molar refractivity (Wildman–Crippen MR) is 75.1 cm³/mol. The molecule has 0 radical (unpaired) electrons. The van der Waals surface area contributed by atoms with Gasteiger partial charge in [-0.1, -0.05) is 12.8 Å². The van der Waals surface area contributed by atoms with Crippen LogP contribution in [0, 0.1) is 0 Å². The van der Waals surface area contributed by atoms with Crippen molar-refractivity contribution in [1.82, 2.24) is 14.7 Å². The van der Waals surface area contributed by atoms with Gasteiger partial charge in [-0.15, -0.1) is 0 Å². The first kappa shape index (κ1) is 13.1. The molecule has 1 aliphatic carbocycles. The number of likely N-dealkylation sites (N-methyl/N-ethyl adjacent to an activating group) is 1. The zero-order chi connectivity index (χ0) is 13.3. The summed E-state index contributed by atoms with van der Waals surface area (Å²) in [5, 5.41) is 15.4. The molecular formula is C15H25N3O. The van der Waals surface area contributed by atoms with Gasteiger partial charge in [-0.3, -0.25) is 4.68 Å². The van der Waals surface area contributed by atoms with Gasteiger partial charge in [0.05, 0.1) is 17.3 Å². The molecule has 106 valence electrons. The van der Waals surface area contributed by atoms with Crippen LogP contribution in [-0.4, -0.2) is 45.5 Å². The lowest BCUT2D eigenvalue weighted by Crippen LogP contribution is -2.47. The number of hydrogen-bond acceptors (Lipinski definition) is 3. The SMILES string of the molecule is CN1CCCC(O)(Cc2ccn(C3CCCC3)n2)C1. The van der Waals surface area contributed by atoms with Gasteiger partial charge < -0.3 is 10.0 Å². The third kappa shape index (κ3) is 3.00. The molecule has 1 aromatic rings. The smallest absolute Gasteiger partial charge is 0.0830 e. The maximum Gasteiger partial charge on any atom is 0.0830 e. The molecule has 2 aliphatic rings. The summed E-state index contributed by atoms with van der Waals surface area (Å²) in [5.41, 5.74) is 0.465. The number of hydrogen-bond donors (Lipinski definition) is 1. The van der Waals surface area contributed by atoms with Crippen molar-refractivity contribution in [1.29, 1.82) is 0 Å². The summed E-state index contributed by atoms with van der Waals surface area (Å²) in [6.07, 6.45) is 9.94. The van der Waals surface area contributed by atoms with Crippen LogP contribution in [0.4, 0.5) is 0 Å². The van der Waals surface area contributed by atoms with Crippen LogP contribution in [-0.2, 0) is 6.42 Å². The van der Waals surface area contributed by atoms with Crippen LogP contribution >= 0.6 is 0 Å². The first-order valence-electron chi connectivity index (χ1n) is 7.60. The van der Waals surface area contributed by atoms with Crippen LogP contribution in [0.5, 0.6) is 0 Å². The number of likely N-dealkylation sites (tertiary alicyclic amines) is 1. The first-order chi connectivity index (χ1) is 9.15. The topological polar surface area (TPSA) is 41.3 Å². The molecule has 19 heavy (non-hydrogen) atoms. The highest BCUT2D eigenvalue weighted by Gasteiger charge is 2.32. The minimum atomic E-state index is -0.581. The minimum Gasteiger partial charge on any atom is -0.388 e. The number of aromatic nitrogens is 2. The van der Waals surface area contributed by atoms with Crippen molar-refractivity contribution in [3.8, 4) is 0 Å². The molecule has 3 rings (SSSR count). The average Bonchev–Trinajstić information content (AvgIpc) is 2.97. The Balaban J connectivity index is 1.66. The standard InChI is InChI=1S/C15H25N3O/c1-17-9-4-8-15(19,12-17)11-13-7-10-18(16-13)14-5-2-3-6-14/h7,10,14,19H,2-6,8-9,11-12H2,1H3. The first-order valence-corrected chi connectivity index (χ1v) is 7.60. The molecule has 2 fully saturated rings. The van der Waals surface area contributed by atoms with E-state index in [0.29, 0.717) is 12.5 Å². The van der Waals surface area contributed by atoms with E-state index < -0.39 is 5.60 Å². The van der Waals surface area contributed by atoms with E-state index in [9.17, 15) is 5.11 Å². The number of β-amino-alcohol motifs (C(OH)–C–C–N with tert-alkyl or cyclic N) is 1. The molecule has 1 unspecified atom stereocenters. The Bertz CT molecular complexity index is 425. The van der Waals surface area contributed by atoms with Crippen molar-refractivity contribution in [3.63, 3.8) is 0 Å². The molecule has 0 bridgehead atoms. The van der Waals surface area contributed by atoms with Gasteiger partial charge >= 0.3 is 0 Å². The second-order valence-corrected chi connectivity index (χ2v) is 6.47. The molecule has 4 heteroatoms. The molecule has 1 aliphatic heterocycles. The van der Waals surface area contributed by atoms with E-state index in [-0.39, 0.29) is 0 Å². The maximum atomic E-state index is 10.7. The van der Waals surface area contributed by atoms with Crippen molar-refractivity contribution in [3.05, 3.63) is 18.0 Å². The van der Waals surface area contributed by atoms with Crippen LogP contribution in [0.15, 0.2) is 12.3 Å². The van der Waals surface area contributed by atoms with Gasteiger partial charge in [0.1, 0.15) is 0 Å². The summed E-state index contributed by atoms with van der Waals surface area (Å²) in [6, 6.07) is 2.68. The lowest BCUT2D eigenvalue weighted by Gasteiger charge is -2.37. The lowest BCUT2D eigenvalue weighted by molar-refractivity contribution is -0.0231. The Morgan fingerprint density at radius 2 is 2.16 bits per heavy atom. The predicted octanol–water partition coefficient (Wildman–Crippen LogP) is 2.00. The largest absolute Gasteiger partial charge is 0.388 e. The molecule has 2 heterocycles. The molecule has 1 saturated carbocycles. The van der Waals surface area contributed by atoms with Gasteiger partial charge in [-0.05, 0) is 45.3 Å². The maximum absolute atomic E-state index is 10.7. The summed E-state index contributed by atoms with van der Waals surface area (Å²) < 4.78 is 2.12. The highest BCUT2D eigenvalue weighted by atomic mass is 16.3. The van der Waals surface area contributed by atoms with E-state index in [1.807, 2.05) is 0 Å². The second-order valence-electron chi connectivity index (χ2n) is 6.47. The van der Waals surface area contributed by atoms with E-state index >= 15 is 0 Å². The van der Waals surface area contributed by atoms with Crippen molar-refractivity contribution >= 4 is 0 Å². The van der Waals surface area contributed by atoms with Crippen LogP contribution in [0.1, 0.15) is 50.3 Å². The van der Waals surface area contributed by atoms with E-state index in [4.69, 9.17) is 5.10 Å². The molecule has 0 spiro atoms. The molecule has 4 nitrogen and oxygen atoms in total. The zero-order valence-corrected chi connectivity index (χ0v) is 11.9. The summed E-state index contributed by atoms with van der Waals surface area (Å²) in [7, 11) is 2.08. The molecule has 1 atom stereocenters. The fourth-order valence-corrected chi connectivity index (χ4v) is 3.66. The molecular weight excluding hydrogens is 238 g/mol. The molecule has 1 aromatic heterocycles. The minimum absolute atomic E-state index is 0.581. The van der Waals surface area contributed by atoms with Gasteiger partial charge in [0.15, 0.2) is 0 Å². The third-order valence-corrected chi connectivity index (χ3v) is 4.62. The molecule has 0 amide bonds. The lowest BCUT2D eigenvalue weighted by atomic mass is 9.89.